The molecule has 0 saturated carbocycles. The predicted molar refractivity (Wildman–Crippen MR) is 79.5 cm³/mol. The van der Waals surface area contributed by atoms with Crippen molar-refractivity contribution in [2.24, 2.45) is 11.7 Å². The maximum absolute atomic E-state index is 10.9. The average molecular weight is 276 g/mol. The molecule has 0 aromatic heterocycles. The second kappa shape index (κ2) is 7.41. The highest BCUT2D eigenvalue weighted by Crippen LogP contribution is 2.22. The van der Waals surface area contributed by atoms with Crippen LogP contribution >= 0.6 is 0 Å². The second-order valence-electron chi connectivity index (χ2n) is 5.66. The number of benzene rings is 1. The highest BCUT2D eigenvalue weighted by molar-refractivity contribution is 5.70. The Morgan fingerprint density at radius 3 is 2.80 bits per heavy atom. The summed E-state index contributed by atoms with van der Waals surface area (Å²) in [6.07, 6.45) is 3.68. The number of nitrogens with zero attached hydrogens (tertiary/aromatic N) is 1. The van der Waals surface area contributed by atoms with Crippen molar-refractivity contribution in [3.05, 3.63) is 35.4 Å². The Hall–Kier alpha value is -1.39. The van der Waals surface area contributed by atoms with Crippen LogP contribution in [0.2, 0.25) is 0 Å². The quantitative estimate of drug-likeness (QED) is 0.832. The van der Waals surface area contributed by atoms with E-state index in [0.29, 0.717) is 5.92 Å². The molecule has 4 nitrogen and oxygen atoms in total. The molecule has 1 atom stereocenters. The summed E-state index contributed by atoms with van der Waals surface area (Å²) in [5, 5.41) is 8.98. The van der Waals surface area contributed by atoms with Crippen molar-refractivity contribution < 1.29 is 9.90 Å². The normalized spacial score (nSPS) is 19.9. The molecule has 0 bridgehead atoms. The number of carbonyl (C=O) groups is 1. The van der Waals surface area contributed by atoms with E-state index in [4.69, 9.17) is 10.8 Å². The number of nitrogens with two attached hydrogens (primary N) is 1. The molecule has 3 N–H and O–H groups in total. The maximum Gasteiger partial charge on any atom is 0.307 e. The molecular weight excluding hydrogens is 252 g/mol. The van der Waals surface area contributed by atoms with Crippen LogP contribution in [0.3, 0.4) is 0 Å². The first kappa shape index (κ1) is 15.0. The van der Waals surface area contributed by atoms with Gasteiger partial charge in [0.1, 0.15) is 0 Å². The average Bonchev–Trinajstić information content (AvgIpc) is 2.41. The molecule has 1 unspecified atom stereocenters. The predicted octanol–water partition coefficient (Wildman–Crippen LogP) is 1.87. The number of hydrogen-bond acceptors (Lipinski definition) is 3. The van der Waals surface area contributed by atoms with Gasteiger partial charge in [0.05, 0.1) is 6.42 Å². The fourth-order valence-electron chi connectivity index (χ4n) is 3.05. The summed E-state index contributed by atoms with van der Waals surface area (Å²) in [4.78, 5) is 13.4. The third-order valence-corrected chi connectivity index (χ3v) is 4.03. The lowest BCUT2D eigenvalue weighted by Gasteiger charge is -2.33. The van der Waals surface area contributed by atoms with Crippen LogP contribution in [-0.4, -0.2) is 35.6 Å². The minimum absolute atomic E-state index is 0.107. The molecule has 0 radical (unpaired) electrons. The van der Waals surface area contributed by atoms with Gasteiger partial charge in [-0.25, -0.2) is 0 Å². The van der Waals surface area contributed by atoms with Crippen LogP contribution < -0.4 is 5.73 Å². The fourth-order valence-corrected chi connectivity index (χ4v) is 3.05. The van der Waals surface area contributed by atoms with Gasteiger partial charge in [0, 0.05) is 13.1 Å². The van der Waals surface area contributed by atoms with Gasteiger partial charge in [-0.05, 0) is 49.4 Å². The number of aliphatic carboxylic acids is 1. The van der Waals surface area contributed by atoms with Crippen LogP contribution in [0, 0.1) is 5.92 Å². The summed E-state index contributed by atoms with van der Waals surface area (Å²) in [6, 6.07) is 7.87. The zero-order chi connectivity index (χ0) is 14.4. The van der Waals surface area contributed by atoms with E-state index in [0.717, 1.165) is 43.7 Å². The van der Waals surface area contributed by atoms with Crippen molar-refractivity contribution in [1.29, 1.82) is 0 Å². The minimum Gasteiger partial charge on any atom is -0.481 e. The smallest absolute Gasteiger partial charge is 0.307 e. The Labute approximate surface area is 120 Å². The molecule has 4 heteroatoms. The number of carboxylic acids is 1. The lowest BCUT2D eigenvalue weighted by atomic mass is 9.94. The van der Waals surface area contributed by atoms with Crippen molar-refractivity contribution in [2.75, 3.05) is 19.6 Å². The third kappa shape index (κ3) is 4.32. The highest BCUT2D eigenvalue weighted by Gasteiger charge is 2.20. The van der Waals surface area contributed by atoms with Gasteiger partial charge < -0.3 is 10.8 Å². The highest BCUT2D eigenvalue weighted by atomic mass is 16.4. The standard InChI is InChI=1S/C16H24N2O2/c17-8-7-13-4-3-9-18(11-13)12-15-6-2-1-5-14(15)10-16(19)20/h1-2,5-6,13H,3-4,7-12,17H2,(H,19,20). The largest absolute Gasteiger partial charge is 0.481 e. The molecule has 1 fully saturated rings. The van der Waals surface area contributed by atoms with Gasteiger partial charge >= 0.3 is 5.97 Å². The van der Waals surface area contributed by atoms with E-state index in [2.05, 4.69) is 4.90 Å². The topological polar surface area (TPSA) is 66.6 Å². The van der Waals surface area contributed by atoms with Crippen molar-refractivity contribution >= 4 is 5.97 Å². The lowest BCUT2D eigenvalue weighted by Crippen LogP contribution is -2.36. The van der Waals surface area contributed by atoms with Crippen molar-refractivity contribution in [3.63, 3.8) is 0 Å². The number of rotatable bonds is 6. The molecule has 1 aromatic rings. The van der Waals surface area contributed by atoms with E-state index >= 15 is 0 Å². The summed E-state index contributed by atoms with van der Waals surface area (Å²) in [7, 11) is 0. The first-order valence-corrected chi connectivity index (χ1v) is 7.40. The van der Waals surface area contributed by atoms with Gasteiger partial charge in [-0.3, -0.25) is 9.69 Å². The van der Waals surface area contributed by atoms with Gasteiger partial charge in [0.2, 0.25) is 0 Å². The van der Waals surface area contributed by atoms with E-state index in [1.807, 2.05) is 24.3 Å². The summed E-state index contributed by atoms with van der Waals surface area (Å²) >= 11 is 0. The molecule has 0 spiro atoms. The molecule has 0 amide bonds. The Bertz CT molecular complexity index is 446. The minimum atomic E-state index is -0.767. The molecule has 1 saturated heterocycles. The number of hydrogen-bond donors (Lipinski definition) is 2. The van der Waals surface area contributed by atoms with E-state index in [-0.39, 0.29) is 6.42 Å². The zero-order valence-corrected chi connectivity index (χ0v) is 11.9. The monoisotopic (exact) mass is 276 g/mol. The van der Waals surface area contributed by atoms with Crippen LogP contribution in [0.4, 0.5) is 0 Å². The van der Waals surface area contributed by atoms with Crippen molar-refractivity contribution in [1.82, 2.24) is 4.90 Å². The fraction of sp³-hybridized carbons (Fsp3) is 0.562. The van der Waals surface area contributed by atoms with Gasteiger partial charge in [0.15, 0.2) is 0 Å². The second-order valence-corrected chi connectivity index (χ2v) is 5.66. The van der Waals surface area contributed by atoms with Gasteiger partial charge in [-0.15, -0.1) is 0 Å². The summed E-state index contributed by atoms with van der Waals surface area (Å²) in [6.45, 7) is 3.79. The molecule has 0 aliphatic carbocycles. The molecular formula is C16H24N2O2. The van der Waals surface area contributed by atoms with Crippen molar-refractivity contribution in [2.45, 2.75) is 32.2 Å². The maximum atomic E-state index is 10.9. The summed E-state index contributed by atoms with van der Waals surface area (Å²) < 4.78 is 0. The van der Waals surface area contributed by atoms with Crippen LogP contribution in [0.25, 0.3) is 0 Å². The zero-order valence-electron chi connectivity index (χ0n) is 11.9. The molecule has 1 aromatic carbocycles. The number of likely N-dealkylation sites (tertiary alicyclic amines) is 1. The van der Waals surface area contributed by atoms with E-state index in [9.17, 15) is 4.79 Å². The van der Waals surface area contributed by atoms with Crippen LogP contribution in [-0.2, 0) is 17.8 Å². The molecule has 1 aliphatic rings. The molecule has 20 heavy (non-hydrogen) atoms. The summed E-state index contributed by atoms with van der Waals surface area (Å²) in [5.41, 5.74) is 7.73. The van der Waals surface area contributed by atoms with E-state index in [1.54, 1.807) is 0 Å². The lowest BCUT2D eigenvalue weighted by molar-refractivity contribution is -0.136. The number of carboxylic acid groups (broad SMARTS) is 1. The van der Waals surface area contributed by atoms with Gasteiger partial charge in [-0.1, -0.05) is 24.3 Å². The van der Waals surface area contributed by atoms with Crippen LogP contribution in [0.15, 0.2) is 24.3 Å². The molecule has 2 rings (SSSR count). The SMILES string of the molecule is NCCC1CCCN(Cc2ccccc2CC(=O)O)C1. The first-order chi connectivity index (χ1) is 9.69. The first-order valence-electron chi connectivity index (χ1n) is 7.40. The molecule has 1 heterocycles. The van der Waals surface area contributed by atoms with Crippen molar-refractivity contribution in [3.8, 4) is 0 Å². The van der Waals surface area contributed by atoms with E-state index in [1.165, 1.54) is 12.8 Å². The van der Waals surface area contributed by atoms with Crippen LogP contribution in [0.1, 0.15) is 30.4 Å². The van der Waals surface area contributed by atoms with Crippen LogP contribution in [0.5, 0.6) is 0 Å². The molecule has 1 aliphatic heterocycles. The Kier molecular flexibility index (Phi) is 5.56. The van der Waals surface area contributed by atoms with Gasteiger partial charge in [0.25, 0.3) is 0 Å². The summed E-state index contributed by atoms with van der Waals surface area (Å²) in [5.74, 6) is -0.0718. The molecule has 110 valence electrons. The Morgan fingerprint density at radius 2 is 2.10 bits per heavy atom. The van der Waals surface area contributed by atoms with Gasteiger partial charge in [-0.2, -0.15) is 0 Å². The Balaban J connectivity index is 2.00. The van der Waals surface area contributed by atoms with E-state index < -0.39 is 5.97 Å². The third-order valence-electron chi connectivity index (χ3n) is 4.03. The number of piperidine rings is 1. The Morgan fingerprint density at radius 1 is 1.35 bits per heavy atom.